The van der Waals surface area contributed by atoms with Gasteiger partial charge < -0.3 is 19.5 Å². The van der Waals surface area contributed by atoms with Gasteiger partial charge in [-0.2, -0.15) is 0 Å². The number of rotatable bonds is 4. The van der Waals surface area contributed by atoms with Crippen molar-refractivity contribution in [1.29, 1.82) is 0 Å². The molecule has 0 aliphatic carbocycles. The number of hydrogen-bond donors (Lipinski definition) is 1. The van der Waals surface area contributed by atoms with E-state index in [2.05, 4.69) is 0 Å². The molecule has 108 valence electrons. The molecule has 1 N–H and O–H groups in total. The Labute approximate surface area is 116 Å². The van der Waals surface area contributed by atoms with Crippen molar-refractivity contribution in [3.8, 4) is 11.5 Å². The Hall–Kier alpha value is -2.24. The predicted molar refractivity (Wildman–Crippen MR) is 71.2 cm³/mol. The molecule has 6 heteroatoms. The fourth-order valence-corrected chi connectivity index (χ4v) is 2.02. The topological polar surface area (TPSA) is 76.1 Å². The van der Waals surface area contributed by atoms with Crippen LogP contribution in [-0.2, 0) is 4.79 Å². The van der Waals surface area contributed by atoms with E-state index in [-0.39, 0.29) is 12.5 Å². The van der Waals surface area contributed by atoms with Crippen LogP contribution in [0.25, 0.3) is 0 Å². The lowest BCUT2D eigenvalue weighted by molar-refractivity contribution is -0.141. The molecule has 0 spiro atoms. The minimum absolute atomic E-state index is 0.138. The van der Waals surface area contributed by atoms with Gasteiger partial charge in [-0.3, -0.25) is 9.59 Å². The maximum Gasteiger partial charge on any atom is 0.308 e. The van der Waals surface area contributed by atoms with Crippen LogP contribution in [0.15, 0.2) is 18.2 Å². The molecule has 1 aromatic carbocycles. The Morgan fingerprint density at radius 1 is 1.35 bits per heavy atom. The number of para-hydroxylation sites is 1. The van der Waals surface area contributed by atoms with E-state index >= 15 is 0 Å². The zero-order valence-corrected chi connectivity index (χ0v) is 11.5. The van der Waals surface area contributed by atoms with E-state index in [4.69, 9.17) is 14.6 Å². The number of amides is 1. The molecular weight excluding hydrogens is 262 g/mol. The highest BCUT2D eigenvalue weighted by molar-refractivity contribution is 5.97. The smallest absolute Gasteiger partial charge is 0.308 e. The lowest BCUT2D eigenvalue weighted by Gasteiger charge is -2.24. The molecule has 1 aliphatic heterocycles. The van der Waals surface area contributed by atoms with Gasteiger partial charge in [0, 0.05) is 13.6 Å². The van der Waals surface area contributed by atoms with Crippen LogP contribution in [0.2, 0.25) is 0 Å². The molecule has 0 radical (unpaired) electrons. The van der Waals surface area contributed by atoms with Gasteiger partial charge in [0.2, 0.25) is 0 Å². The lowest BCUT2D eigenvalue weighted by atomic mass is 10.1. The number of carboxylic acids is 1. The summed E-state index contributed by atoms with van der Waals surface area (Å²) < 4.78 is 10.9. The van der Waals surface area contributed by atoms with E-state index in [9.17, 15) is 9.59 Å². The van der Waals surface area contributed by atoms with Crippen LogP contribution < -0.4 is 9.47 Å². The fraction of sp³-hybridized carbons (Fsp3) is 0.429. The summed E-state index contributed by atoms with van der Waals surface area (Å²) in [4.78, 5) is 24.6. The lowest BCUT2D eigenvalue weighted by Crippen LogP contribution is -2.34. The third kappa shape index (κ3) is 2.84. The van der Waals surface area contributed by atoms with Gasteiger partial charge in [0.05, 0.1) is 11.5 Å². The maximum absolute atomic E-state index is 12.4. The van der Waals surface area contributed by atoms with Crippen molar-refractivity contribution in [2.45, 2.75) is 6.92 Å². The summed E-state index contributed by atoms with van der Waals surface area (Å²) in [5, 5.41) is 8.89. The van der Waals surface area contributed by atoms with E-state index in [0.717, 1.165) is 0 Å². The van der Waals surface area contributed by atoms with Crippen LogP contribution in [-0.4, -0.2) is 48.7 Å². The quantitative estimate of drug-likeness (QED) is 0.897. The number of carbonyl (C=O) groups is 2. The van der Waals surface area contributed by atoms with Crippen molar-refractivity contribution in [3.05, 3.63) is 23.8 Å². The van der Waals surface area contributed by atoms with Crippen LogP contribution in [0.1, 0.15) is 17.3 Å². The summed E-state index contributed by atoms with van der Waals surface area (Å²) in [6, 6.07) is 5.11. The highest BCUT2D eigenvalue weighted by Crippen LogP contribution is 2.34. The van der Waals surface area contributed by atoms with Gasteiger partial charge in [0.15, 0.2) is 11.5 Å². The summed E-state index contributed by atoms with van der Waals surface area (Å²) in [5.41, 5.74) is 0.391. The fourth-order valence-electron chi connectivity index (χ4n) is 2.02. The van der Waals surface area contributed by atoms with E-state index < -0.39 is 11.9 Å². The van der Waals surface area contributed by atoms with Crippen molar-refractivity contribution in [2.75, 3.05) is 26.8 Å². The Morgan fingerprint density at radius 2 is 2.05 bits per heavy atom. The first-order chi connectivity index (χ1) is 9.50. The van der Waals surface area contributed by atoms with E-state index in [1.54, 1.807) is 32.2 Å². The summed E-state index contributed by atoms with van der Waals surface area (Å²) in [6.45, 7) is 2.55. The number of ether oxygens (including phenoxy) is 2. The van der Waals surface area contributed by atoms with Crippen LogP contribution in [0, 0.1) is 5.92 Å². The van der Waals surface area contributed by atoms with Gasteiger partial charge in [0.1, 0.15) is 13.2 Å². The average Bonchev–Trinajstić information content (AvgIpc) is 2.45. The first kappa shape index (κ1) is 14.2. The highest BCUT2D eigenvalue weighted by atomic mass is 16.6. The number of aliphatic carboxylic acids is 1. The molecule has 0 aromatic heterocycles. The predicted octanol–water partition coefficient (Wildman–Crippen LogP) is 1.25. The van der Waals surface area contributed by atoms with Crippen molar-refractivity contribution in [3.63, 3.8) is 0 Å². The van der Waals surface area contributed by atoms with Crippen molar-refractivity contribution >= 4 is 11.9 Å². The minimum atomic E-state index is -0.931. The number of benzene rings is 1. The highest BCUT2D eigenvalue weighted by Gasteiger charge is 2.24. The van der Waals surface area contributed by atoms with E-state index in [1.807, 2.05) is 0 Å². The summed E-state index contributed by atoms with van der Waals surface area (Å²) in [6.07, 6.45) is 0. The van der Waals surface area contributed by atoms with Gasteiger partial charge in [0.25, 0.3) is 5.91 Å². The molecule has 0 fully saturated rings. The van der Waals surface area contributed by atoms with Crippen molar-refractivity contribution in [2.24, 2.45) is 5.92 Å². The molecule has 1 amide bonds. The molecule has 6 nitrogen and oxygen atoms in total. The second kappa shape index (κ2) is 5.81. The normalized spacial score (nSPS) is 14.5. The maximum atomic E-state index is 12.4. The second-order valence-corrected chi connectivity index (χ2v) is 4.75. The van der Waals surface area contributed by atoms with Crippen LogP contribution in [0.4, 0.5) is 0 Å². The second-order valence-electron chi connectivity index (χ2n) is 4.75. The molecule has 20 heavy (non-hydrogen) atoms. The van der Waals surface area contributed by atoms with Gasteiger partial charge in [-0.05, 0) is 12.1 Å². The minimum Gasteiger partial charge on any atom is -0.486 e. The Balaban J connectivity index is 2.19. The van der Waals surface area contributed by atoms with Crippen LogP contribution >= 0.6 is 0 Å². The average molecular weight is 279 g/mol. The third-order valence-corrected chi connectivity index (χ3v) is 3.11. The number of fused-ring (bicyclic) bond motifs is 1. The van der Waals surface area contributed by atoms with Gasteiger partial charge in [-0.1, -0.05) is 13.0 Å². The standard InChI is InChI=1S/C14H17NO5/c1-9(14(17)18)8-15(2)13(16)10-4-3-5-11-12(10)20-7-6-19-11/h3-5,9H,6-8H2,1-2H3,(H,17,18)/t9-/m1/s1. The molecule has 0 saturated carbocycles. The van der Waals surface area contributed by atoms with Crippen LogP contribution in [0.5, 0.6) is 11.5 Å². The molecular formula is C14H17NO5. The molecule has 2 rings (SSSR count). The molecule has 0 unspecified atom stereocenters. The van der Waals surface area contributed by atoms with Gasteiger partial charge >= 0.3 is 5.97 Å². The van der Waals surface area contributed by atoms with E-state index in [1.165, 1.54) is 4.90 Å². The zero-order valence-electron chi connectivity index (χ0n) is 11.5. The van der Waals surface area contributed by atoms with Crippen molar-refractivity contribution in [1.82, 2.24) is 4.90 Å². The van der Waals surface area contributed by atoms with Gasteiger partial charge in [-0.25, -0.2) is 0 Å². The Kier molecular flexibility index (Phi) is 4.12. The van der Waals surface area contributed by atoms with Crippen LogP contribution in [0.3, 0.4) is 0 Å². The molecule has 1 aromatic rings. The first-order valence-corrected chi connectivity index (χ1v) is 6.37. The van der Waals surface area contributed by atoms with Crippen molar-refractivity contribution < 1.29 is 24.2 Å². The first-order valence-electron chi connectivity index (χ1n) is 6.37. The number of carboxylic acid groups (broad SMARTS) is 1. The number of carbonyl (C=O) groups excluding carboxylic acids is 1. The molecule has 1 atom stereocenters. The molecule has 0 bridgehead atoms. The monoisotopic (exact) mass is 279 g/mol. The Bertz CT molecular complexity index is 528. The summed E-state index contributed by atoms with van der Waals surface area (Å²) in [7, 11) is 1.57. The van der Waals surface area contributed by atoms with E-state index in [0.29, 0.717) is 30.3 Å². The van der Waals surface area contributed by atoms with Gasteiger partial charge in [-0.15, -0.1) is 0 Å². The summed E-state index contributed by atoms with van der Waals surface area (Å²) in [5.74, 6) is -0.860. The number of hydrogen-bond acceptors (Lipinski definition) is 4. The summed E-state index contributed by atoms with van der Waals surface area (Å²) >= 11 is 0. The molecule has 0 saturated heterocycles. The molecule has 1 aliphatic rings. The SMILES string of the molecule is C[C@H](CN(C)C(=O)c1cccc2c1OCCO2)C(=O)O. The zero-order chi connectivity index (χ0) is 14.7. The third-order valence-electron chi connectivity index (χ3n) is 3.11. The number of nitrogens with zero attached hydrogens (tertiary/aromatic N) is 1. The Morgan fingerprint density at radius 3 is 2.75 bits per heavy atom. The molecule has 1 heterocycles. The largest absolute Gasteiger partial charge is 0.486 e.